The summed E-state index contributed by atoms with van der Waals surface area (Å²) in [7, 11) is 1.91. The van der Waals surface area contributed by atoms with Gasteiger partial charge in [0, 0.05) is 13.5 Å². The van der Waals surface area contributed by atoms with E-state index < -0.39 is 0 Å². The summed E-state index contributed by atoms with van der Waals surface area (Å²) in [4.78, 5) is 14.1. The maximum atomic E-state index is 12.2. The molecule has 0 bridgehead atoms. The number of carbonyl (C=O) groups excluding carboxylic acids is 1. The minimum Gasteiger partial charge on any atom is -0.339 e. The predicted molar refractivity (Wildman–Crippen MR) is 85.1 cm³/mol. The quantitative estimate of drug-likeness (QED) is 0.906. The molecule has 4 heteroatoms. The lowest BCUT2D eigenvalue weighted by atomic mass is 10.0. The molecule has 1 fully saturated rings. The zero-order valence-corrected chi connectivity index (χ0v) is 13.2. The van der Waals surface area contributed by atoms with Crippen LogP contribution in [0.2, 0.25) is 0 Å². The van der Waals surface area contributed by atoms with E-state index >= 15 is 0 Å². The van der Waals surface area contributed by atoms with Crippen molar-refractivity contribution >= 4 is 18.3 Å². The minimum atomic E-state index is 0. The highest BCUT2D eigenvalue weighted by atomic mass is 35.5. The highest BCUT2D eigenvalue weighted by molar-refractivity contribution is 5.85. The molecule has 1 heterocycles. The van der Waals surface area contributed by atoms with Crippen LogP contribution in [0.1, 0.15) is 37.8 Å². The molecule has 2 atom stereocenters. The average Bonchev–Trinajstić information content (AvgIpc) is 2.97. The normalized spacial score (nSPS) is 19.2. The van der Waals surface area contributed by atoms with E-state index in [1.54, 1.807) is 0 Å². The summed E-state index contributed by atoms with van der Waals surface area (Å²) in [6.07, 6.45) is 2.89. The molecule has 3 nitrogen and oxygen atoms in total. The minimum absolute atomic E-state index is 0. The Labute approximate surface area is 128 Å². The third-order valence-corrected chi connectivity index (χ3v) is 4.19. The van der Waals surface area contributed by atoms with E-state index in [9.17, 15) is 4.79 Å². The lowest BCUT2D eigenvalue weighted by molar-refractivity contribution is -0.132. The van der Waals surface area contributed by atoms with Crippen molar-refractivity contribution in [1.29, 1.82) is 0 Å². The van der Waals surface area contributed by atoms with E-state index in [4.69, 9.17) is 0 Å². The largest absolute Gasteiger partial charge is 0.339 e. The van der Waals surface area contributed by atoms with Gasteiger partial charge in [0.15, 0.2) is 0 Å². The number of amides is 1. The monoisotopic (exact) mass is 296 g/mol. The summed E-state index contributed by atoms with van der Waals surface area (Å²) >= 11 is 0. The first kappa shape index (κ1) is 17.0. The van der Waals surface area contributed by atoms with Crippen molar-refractivity contribution in [2.75, 3.05) is 20.1 Å². The molecule has 1 N–H and O–H groups in total. The standard InChI is InChI=1S/C16H24N2O.ClH/c1-13(15-6-4-3-5-7-15)18(2)16(19)9-8-14-10-11-17-12-14;/h3-7,13-14,17H,8-12H2,1-2H3;1H. The molecule has 1 aromatic carbocycles. The van der Waals surface area contributed by atoms with Crippen LogP contribution in [-0.2, 0) is 4.79 Å². The second-order valence-corrected chi connectivity index (χ2v) is 5.49. The Morgan fingerprint density at radius 2 is 2.10 bits per heavy atom. The number of hydrogen-bond acceptors (Lipinski definition) is 2. The Kier molecular flexibility index (Phi) is 7.03. The number of rotatable bonds is 5. The highest BCUT2D eigenvalue weighted by Crippen LogP contribution is 2.21. The maximum absolute atomic E-state index is 12.2. The molecular weight excluding hydrogens is 272 g/mol. The van der Waals surface area contributed by atoms with Crippen LogP contribution in [0.5, 0.6) is 0 Å². The van der Waals surface area contributed by atoms with Crippen LogP contribution >= 0.6 is 12.4 Å². The third-order valence-electron chi connectivity index (χ3n) is 4.19. The fourth-order valence-electron chi connectivity index (χ4n) is 2.64. The molecule has 112 valence electrons. The Bertz CT molecular complexity index is 404. The van der Waals surface area contributed by atoms with Crippen LogP contribution in [0.15, 0.2) is 30.3 Å². The van der Waals surface area contributed by atoms with E-state index in [2.05, 4.69) is 24.4 Å². The lowest BCUT2D eigenvalue weighted by Gasteiger charge is -2.26. The Morgan fingerprint density at radius 3 is 2.70 bits per heavy atom. The van der Waals surface area contributed by atoms with E-state index in [-0.39, 0.29) is 24.4 Å². The van der Waals surface area contributed by atoms with E-state index in [1.807, 2.05) is 30.1 Å². The molecule has 1 saturated heterocycles. The van der Waals surface area contributed by atoms with Crippen molar-refractivity contribution in [3.8, 4) is 0 Å². The zero-order valence-electron chi connectivity index (χ0n) is 12.3. The first-order valence-corrected chi connectivity index (χ1v) is 7.20. The Balaban J connectivity index is 0.00000200. The van der Waals surface area contributed by atoms with Gasteiger partial charge in [-0.05, 0) is 44.3 Å². The first-order chi connectivity index (χ1) is 9.18. The van der Waals surface area contributed by atoms with Gasteiger partial charge >= 0.3 is 0 Å². The Morgan fingerprint density at radius 1 is 1.40 bits per heavy atom. The van der Waals surface area contributed by atoms with Gasteiger partial charge in [0.2, 0.25) is 5.91 Å². The average molecular weight is 297 g/mol. The van der Waals surface area contributed by atoms with Crippen LogP contribution in [0, 0.1) is 5.92 Å². The van der Waals surface area contributed by atoms with Crippen molar-refractivity contribution < 1.29 is 4.79 Å². The van der Waals surface area contributed by atoms with Crippen molar-refractivity contribution in [1.82, 2.24) is 10.2 Å². The molecule has 2 rings (SSSR count). The molecule has 0 spiro atoms. The number of halogens is 1. The number of hydrogen-bond donors (Lipinski definition) is 1. The van der Waals surface area contributed by atoms with Gasteiger partial charge in [-0.25, -0.2) is 0 Å². The van der Waals surface area contributed by atoms with Crippen molar-refractivity contribution in [3.05, 3.63) is 35.9 Å². The summed E-state index contributed by atoms with van der Waals surface area (Å²) in [5, 5.41) is 3.35. The molecule has 0 aliphatic carbocycles. The van der Waals surface area contributed by atoms with Crippen molar-refractivity contribution in [3.63, 3.8) is 0 Å². The van der Waals surface area contributed by atoms with E-state index in [0.717, 1.165) is 19.5 Å². The summed E-state index contributed by atoms with van der Waals surface area (Å²) in [6, 6.07) is 10.4. The molecule has 0 saturated carbocycles. The fourth-order valence-corrected chi connectivity index (χ4v) is 2.64. The van der Waals surface area contributed by atoms with Gasteiger partial charge < -0.3 is 10.2 Å². The summed E-state index contributed by atoms with van der Waals surface area (Å²) < 4.78 is 0. The van der Waals surface area contributed by atoms with Gasteiger partial charge in [-0.2, -0.15) is 0 Å². The van der Waals surface area contributed by atoms with Crippen molar-refractivity contribution in [2.24, 2.45) is 5.92 Å². The molecule has 0 radical (unpaired) electrons. The number of nitrogens with zero attached hydrogens (tertiary/aromatic N) is 1. The van der Waals surface area contributed by atoms with Crippen LogP contribution in [0.25, 0.3) is 0 Å². The molecule has 1 amide bonds. The van der Waals surface area contributed by atoms with Gasteiger partial charge in [0.05, 0.1) is 6.04 Å². The molecule has 0 aromatic heterocycles. The van der Waals surface area contributed by atoms with Gasteiger partial charge in [0.1, 0.15) is 0 Å². The topological polar surface area (TPSA) is 32.3 Å². The van der Waals surface area contributed by atoms with Crippen LogP contribution in [0.3, 0.4) is 0 Å². The second-order valence-electron chi connectivity index (χ2n) is 5.49. The smallest absolute Gasteiger partial charge is 0.222 e. The zero-order chi connectivity index (χ0) is 13.7. The van der Waals surface area contributed by atoms with Crippen LogP contribution in [-0.4, -0.2) is 30.9 Å². The molecule has 2 unspecified atom stereocenters. The predicted octanol–water partition coefficient (Wildman–Crippen LogP) is 3.02. The number of benzene rings is 1. The summed E-state index contributed by atoms with van der Waals surface area (Å²) in [6.45, 7) is 4.27. The van der Waals surface area contributed by atoms with Gasteiger partial charge in [-0.1, -0.05) is 30.3 Å². The third kappa shape index (κ3) is 4.50. The van der Waals surface area contributed by atoms with Gasteiger partial charge in [-0.15, -0.1) is 12.4 Å². The lowest BCUT2D eigenvalue weighted by Crippen LogP contribution is -2.29. The molecule has 1 aromatic rings. The first-order valence-electron chi connectivity index (χ1n) is 7.20. The molecule has 20 heavy (non-hydrogen) atoms. The van der Waals surface area contributed by atoms with Crippen LogP contribution in [0.4, 0.5) is 0 Å². The molecule has 1 aliphatic heterocycles. The Hall–Kier alpha value is -1.06. The van der Waals surface area contributed by atoms with Gasteiger partial charge in [0.25, 0.3) is 0 Å². The summed E-state index contributed by atoms with van der Waals surface area (Å²) in [5.41, 5.74) is 1.20. The maximum Gasteiger partial charge on any atom is 0.222 e. The molecular formula is C16H25ClN2O. The van der Waals surface area contributed by atoms with Crippen LogP contribution < -0.4 is 5.32 Å². The molecule has 1 aliphatic rings. The van der Waals surface area contributed by atoms with Gasteiger partial charge in [-0.3, -0.25) is 4.79 Å². The van der Waals surface area contributed by atoms with E-state index in [1.165, 1.54) is 12.0 Å². The number of carbonyl (C=O) groups is 1. The highest BCUT2D eigenvalue weighted by Gasteiger charge is 2.20. The van der Waals surface area contributed by atoms with E-state index in [0.29, 0.717) is 12.3 Å². The fraction of sp³-hybridized carbons (Fsp3) is 0.562. The van der Waals surface area contributed by atoms with Crippen molar-refractivity contribution in [2.45, 2.75) is 32.2 Å². The summed E-state index contributed by atoms with van der Waals surface area (Å²) in [5.74, 6) is 0.938. The SMILES string of the molecule is CC(c1ccccc1)N(C)C(=O)CCC1CCNC1.Cl. The second kappa shape index (κ2) is 8.28. The number of nitrogens with one attached hydrogen (secondary N) is 1.